The third-order valence-corrected chi connectivity index (χ3v) is 21.2. The van der Waals surface area contributed by atoms with Crippen LogP contribution in [0, 0.1) is 0 Å². The van der Waals surface area contributed by atoms with Crippen molar-refractivity contribution in [2.24, 2.45) is 0 Å². The molecule has 0 nitrogen and oxygen atoms in total. The van der Waals surface area contributed by atoms with E-state index in [2.05, 4.69) is 74.8 Å². The number of hydrogen-bond acceptors (Lipinski definition) is 0. The van der Waals surface area contributed by atoms with E-state index < -0.39 is 16.1 Å². The van der Waals surface area contributed by atoms with Crippen LogP contribution in [0.5, 0.6) is 0 Å². The molecule has 2 aromatic carbocycles. The lowest BCUT2D eigenvalue weighted by Gasteiger charge is -2.51. The van der Waals surface area contributed by atoms with Crippen molar-refractivity contribution >= 4 is 38.7 Å². The van der Waals surface area contributed by atoms with Gasteiger partial charge in [0.05, 0.1) is 16.1 Å². The van der Waals surface area contributed by atoms with Crippen LogP contribution in [0.4, 0.5) is 0 Å². The van der Waals surface area contributed by atoms with Gasteiger partial charge >= 0.3 is 0 Å². The zero-order valence-corrected chi connectivity index (χ0v) is 15.6. The number of hydrogen-bond donors (Lipinski definition) is 0. The van der Waals surface area contributed by atoms with E-state index in [0.717, 1.165) is 0 Å². The van der Waals surface area contributed by atoms with Crippen LogP contribution in [0.25, 0.3) is 12.2 Å². The lowest BCUT2D eigenvalue weighted by molar-refractivity contribution is 1.38. The Kier molecular flexibility index (Phi) is 3.83. The molecule has 0 unspecified atom stereocenters. The Hall–Kier alpha value is -1.65. The van der Waals surface area contributed by atoms with E-state index in [0.29, 0.717) is 0 Å². The zero-order valence-electron chi connectivity index (χ0n) is 13.6. The van der Waals surface area contributed by atoms with E-state index >= 15 is 0 Å². The van der Waals surface area contributed by atoms with Crippen LogP contribution in [0.2, 0.25) is 24.4 Å². The van der Waals surface area contributed by atoms with Crippen LogP contribution in [-0.4, -0.2) is 16.1 Å². The van der Waals surface area contributed by atoms with Crippen molar-refractivity contribution in [3.05, 3.63) is 72.8 Å². The maximum atomic E-state index is 3.84. The third-order valence-electron chi connectivity index (χ3n) is 5.25. The predicted octanol–water partition coefficient (Wildman–Crippen LogP) is 4.34. The molecular formula is C20H24Si2. The highest BCUT2D eigenvalue weighted by Crippen LogP contribution is 2.39. The predicted molar refractivity (Wildman–Crippen MR) is 105 cm³/mol. The highest BCUT2D eigenvalue weighted by molar-refractivity contribution is 7.22. The van der Waals surface area contributed by atoms with Crippen molar-refractivity contribution in [1.29, 1.82) is 0 Å². The summed E-state index contributed by atoms with van der Waals surface area (Å²) in [6.07, 6.45) is 3.85. The highest BCUT2D eigenvalue weighted by Gasteiger charge is 2.53. The first-order valence-corrected chi connectivity index (χ1v) is 13.8. The second kappa shape index (κ2) is 5.52. The quantitative estimate of drug-likeness (QED) is 0.735. The standard InChI is InChI=1S/C20H24Si2/c1-5-17-7-11-19(12-8-17)21(3)15-22(4,16-21)20-13-9-18(6-2)10-14-20/h5-14H,1-2,15-16H2,3-4H3. The Labute approximate surface area is 136 Å². The van der Waals surface area contributed by atoms with Crippen molar-refractivity contribution in [1.82, 2.24) is 0 Å². The van der Waals surface area contributed by atoms with E-state index in [4.69, 9.17) is 0 Å². The van der Waals surface area contributed by atoms with Crippen LogP contribution in [0.1, 0.15) is 11.1 Å². The molecule has 0 spiro atoms. The summed E-state index contributed by atoms with van der Waals surface area (Å²) in [6.45, 7) is 12.8. The largest absolute Gasteiger partial charge is 0.0985 e. The first-order valence-electron chi connectivity index (χ1n) is 7.95. The second-order valence-electron chi connectivity index (χ2n) is 7.13. The van der Waals surface area contributed by atoms with Crippen molar-refractivity contribution in [2.45, 2.75) is 24.4 Å². The third kappa shape index (κ3) is 2.57. The van der Waals surface area contributed by atoms with Gasteiger partial charge in [-0.1, -0.05) is 109 Å². The Bertz CT molecular complexity index is 628. The molecule has 112 valence electrons. The molecule has 22 heavy (non-hydrogen) atoms. The first kappa shape index (κ1) is 15.3. The SMILES string of the molecule is C=Cc1ccc([Si]2(C)C[Si](C)(c3ccc(C=C)cc3)C2)cc1. The fraction of sp³-hybridized carbons (Fsp3) is 0.200. The fourth-order valence-electron chi connectivity index (χ4n) is 4.12. The van der Waals surface area contributed by atoms with Gasteiger partial charge in [-0.2, -0.15) is 0 Å². The van der Waals surface area contributed by atoms with E-state index in [9.17, 15) is 0 Å². The summed E-state index contributed by atoms with van der Waals surface area (Å²) in [4.78, 5) is 0. The minimum atomic E-state index is -1.24. The molecule has 0 atom stereocenters. The summed E-state index contributed by atoms with van der Waals surface area (Å²) in [7, 11) is -2.48. The van der Waals surface area contributed by atoms with Gasteiger partial charge in [-0.3, -0.25) is 0 Å². The molecule has 1 fully saturated rings. The van der Waals surface area contributed by atoms with Crippen molar-refractivity contribution in [2.75, 3.05) is 0 Å². The van der Waals surface area contributed by atoms with Crippen LogP contribution in [0.3, 0.4) is 0 Å². The molecule has 1 heterocycles. The van der Waals surface area contributed by atoms with Gasteiger partial charge in [-0.15, -0.1) is 0 Å². The summed E-state index contributed by atoms with van der Waals surface area (Å²) in [5.74, 6) is 0. The molecule has 0 aromatic heterocycles. The van der Waals surface area contributed by atoms with Gasteiger partial charge in [0, 0.05) is 0 Å². The van der Waals surface area contributed by atoms with Gasteiger partial charge < -0.3 is 0 Å². The Morgan fingerprint density at radius 1 is 0.682 bits per heavy atom. The van der Waals surface area contributed by atoms with E-state index in [-0.39, 0.29) is 0 Å². The Morgan fingerprint density at radius 2 is 1.00 bits per heavy atom. The molecule has 0 bridgehead atoms. The summed E-state index contributed by atoms with van der Waals surface area (Å²) in [6, 6.07) is 18.3. The molecular weight excluding hydrogens is 296 g/mol. The summed E-state index contributed by atoms with van der Waals surface area (Å²) >= 11 is 0. The Balaban J connectivity index is 1.80. The average molecular weight is 321 g/mol. The molecule has 0 amide bonds. The first-order chi connectivity index (χ1) is 10.5. The Morgan fingerprint density at radius 3 is 1.27 bits per heavy atom. The minimum Gasteiger partial charge on any atom is -0.0985 e. The van der Waals surface area contributed by atoms with E-state index in [1.165, 1.54) is 22.5 Å². The molecule has 0 N–H and O–H groups in total. The van der Waals surface area contributed by atoms with Gasteiger partial charge in [-0.05, 0) is 11.1 Å². The van der Waals surface area contributed by atoms with Crippen LogP contribution < -0.4 is 10.4 Å². The van der Waals surface area contributed by atoms with Gasteiger partial charge in [0.15, 0.2) is 0 Å². The molecule has 1 aliphatic rings. The van der Waals surface area contributed by atoms with Gasteiger partial charge in [0.2, 0.25) is 0 Å². The van der Waals surface area contributed by atoms with Crippen LogP contribution >= 0.6 is 0 Å². The molecule has 3 rings (SSSR count). The van der Waals surface area contributed by atoms with Gasteiger partial charge in [0.25, 0.3) is 0 Å². The van der Waals surface area contributed by atoms with Crippen molar-refractivity contribution in [3.63, 3.8) is 0 Å². The summed E-state index contributed by atoms with van der Waals surface area (Å²) in [5.41, 5.74) is 5.39. The monoisotopic (exact) mass is 320 g/mol. The maximum Gasteiger partial charge on any atom is 0.0791 e. The van der Waals surface area contributed by atoms with Gasteiger partial charge in [0.1, 0.15) is 0 Å². The molecule has 2 heteroatoms. The normalized spacial score (nSPS) is 27.0. The smallest absolute Gasteiger partial charge is 0.0791 e. The van der Waals surface area contributed by atoms with E-state index in [1.54, 1.807) is 10.4 Å². The number of benzene rings is 2. The van der Waals surface area contributed by atoms with Gasteiger partial charge in [-0.25, -0.2) is 0 Å². The number of rotatable bonds is 4. The summed E-state index contributed by atoms with van der Waals surface area (Å²) < 4.78 is 0. The molecule has 0 aliphatic carbocycles. The molecule has 1 aliphatic heterocycles. The van der Waals surface area contributed by atoms with Crippen molar-refractivity contribution in [3.8, 4) is 0 Å². The second-order valence-corrected chi connectivity index (χ2v) is 17.4. The summed E-state index contributed by atoms with van der Waals surface area (Å²) in [5, 5.41) is 3.23. The molecule has 0 radical (unpaired) electrons. The van der Waals surface area contributed by atoms with Crippen molar-refractivity contribution < 1.29 is 0 Å². The highest BCUT2D eigenvalue weighted by atomic mass is 28.5. The molecule has 1 saturated heterocycles. The fourth-order valence-corrected chi connectivity index (χ4v) is 22.7. The maximum absolute atomic E-state index is 3.84. The van der Waals surface area contributed by atoms with E-state index in [1.807, 2.05) is 12.2 Å². The van der Waals surface area contributed by atoms with Crippen LogP contribution in [0.15, 0.2) is 61.7 Å². The lowest BCUT2D eigenvalue weighted by Crippen LogP contribution is -2.70. The topological polar surface area (TPSA) is 0 Å². The zero-order chi connectivity index (χ0) is 15.8. The average Bonchev–Trinajstić information content (AvgIpc) is 2.53. The molecule has 0 saturated carbocycles. The lowest BCUT2D eigenvalue weighted by atomic mass is 10.2. The molecule has 2 aromatic rings. The van der Waals surface area contributed by atoms with Crippen LogP contribution in [-0.2, 0) is 0 Å². The minimum absolute atomic E-state index is 1.22.